The molecule has 0 radical (unpaired) electrons. The molecule has 2 saturated heterocycles. The first-order valence-corrected chi connectivity index (χ1v) is 15.7. The molecule has 2 heterocycles. The van der Waals surface area contributed by atoms with Crippen molar-refractivity contribution in [2.24, 2.45) is 23.7 Å². The summed E-state index contributed by atoms with van der Waals surface area (Å²) < 4.78 is 16.7. The van der Waals surface area contributed by atoms with Crippen LogP contribution in [0, 0.1) is 23.7 Å². The molecule has 12 nitrogen and oxygen atoms in total. The Balaban J connectivity index is 1.89. The minimum atomic E-state index is -3.77. The van der Waals surface area contributed by atoms with E-state index in [9.17, 15) is 44.7 Å². The fraction of sp³-hybridized carbons (Fsp3) is 0.697. The number of fused-ring (bicyclic) bond motifs is 2. The lowest BCUT2D eigenvalue weighted by Crippen LogP contribution is -2.78. The number of benzene rings is 1. The van der Waals surface area contributed by atoms with Crippen LogP contribution in [0.3, 0.4) is 0 Å². The molecule has 10 atom stereocenters. The average molecular weight is 637 g/mol. The summed E-state index contributed by atoms with van der Waals surface area (Å²) in [6.45, 7) is 10.1. The second kappa shape index (κ2) is 14.6. The molecule has 45 heavy (non-hydrogen) atoms. The van der Waals surface area contributed by atoms with Crippen molar-refractivity contribution in [3.05, 3.63) is 35.9 Å². The van der Waals surface area contributed by atoms with Gasteiger partial charge in [-0.2, -0.15) is 0 Å². The van der Waals surface area contributed by atoms with E-state index in [1.165, 1.54) is 0 Å². The minimum absolute atomic E-state index is 0.0473. The summed E-state index contributed by atoms with van der Waals surface area (Å²) in [5, 5.41) is 53.3. The predicted octanol–water partition coefficient (Wildman–Crippen LogP) is 3.65. The molecule has 0 amide bonds. The van der Waals surface area contributed by atoms with Gasteiger partial charge < -0.3 is 39.7 Å². The van der Waals surface area contributed by atoms with Gasteiger partial charge in [0.05, 0.1) is 0 Å². The summed E-state index contributed by atoms with van der Waals surface area (Å²) in [5.74, 6) is -9.02. The molecular formula is C33H48O12. The van der Waals surface area contributed by atoms with E-state index in [4.69, 9.17) is 14.2 Å². The normalized spacial score (nSPS) is 31.8. The summed E-state index contributed by atoms with van der Waals surface area (Å²) in [4.78, 5) is 50.7. The number of esters is 1. The SMILES string of the molecule is CC[C@H](C)C[C@H](C)CCC(=O)O[C@@H]1[C@@H](O)[C@@]2(CC[C@@H](C)C[C@H](C)Cc3ccccc3)O[C@H](C(=O)O)[C@@](O)(C(=O)O)[C@]1(C(=O)O)O2. The van der Waals surface area contributed by atoms with Gasteiger partial charge in [-0.05, 0) is 61.3 Å². The smallest absolute Gasteiger partial charge is 0.344 e. The number of aliphatic hydroxyl groups is 2. The van der Waals surface area contributed by atoms with E-state index in [0.29, 0.717) is 18.8 Å². The van der Waals surface area contributed by atoms with Crippen molar-refractivity contribution in [3.8, 4) is 0 Å². The second-order valence-electron chi connectivity index (χ2n) is 13.3. The minimum Gasteiger partial charge on any atom is -0.479 e. The molecular weight excluding hydrogens is 588 g/mol. The highest BCUT2D eigenvalue weighted by Crippen LogP contribution is 2.56. The van der Waals surface area contributed by atoms with E-state index in [2.05, 4.69) is 20.8 Å². The molecule has 12 heteroatoms. The average Bonchev–Trinajstić information content (AvgIpc) is 3.19. The Labute approximate surface area is 263 Å². The maximum atomic E-state index is 13.0. The first kappa shape index (κ1) is 36.4. The second-order valence-corrected chi connectivity index (χ2v) is 13.3. The standard InChI is InChI=1S/C33H48O12/c1-6-19(2)16-20(3)12-13-24(34)43-26-25(35)31(15-14-21(4)17-22(5)18-23-10-8-7-9-11-23)44-27(28(36)37)32(42,29(38)39)33(26,45-31)30(40)41/h7-11,19-22,25-27,35,42H,6,12-18H2,1-5H3,(H,36,37)(H,38,39)(H,40,41)/t19-,20+,21+,22-,25+,26+,27+,31-,32+,33-/m0/s1. The number of carboxylic acid groups (broad SMARTS) is 3. The van der Waals surface area contributed by atoms with E-state index >= 15 is 0 Å². The molecule has 0 spiro atoms. The van der Waals surface area contributed by atoms with Gasteiger partial charge in [-0.15, -0.1) is 0 Å². The summed E-state index contributed by atoms with van der Waals surface area (Å²) in [5.41, 5.74) is -6.00. The van der Waals surface area contributed by atoms with Crippen LogP contribution in [0.15, 0.2) is 30.3 Å². The Morgan fingerprint density at radius 2 is 1.49 bits per heavy atom. The van der Waals surface area contributed by atoms with E-state index in [-0.39, 0.29) is 37.0 Å². The summed E-state index contributed by atoms with van der Waals surface area (Å²) in [7, 11) is 0. The van der Waals surface area contributed by atoms with Gasteiger partial charge in [-0.25, -0.2) is 14.4 Å². The number of hydrogen-bond donors (Lipinski definition) is 5. The molecule has 0 unspecified atom stereocenters. The van der Waals surface area contributed by atoms with Crippen LogP contribution >= 0.6 is 0 Å². The molecule has 1 aromatic carbocycles. The fourth-order valence-corrected chi connectivity index (χ4v) is 6.83. The topological polar surface area (TPSA) is 197 Å². The molecule has 5 N–H and O–H groups in total. The highest BCUT2D eigenvalue weighted by Gasteiger charge is 2.85. The van der Waals surface area contributed by atoms with Gasteiger partial charge in [0, 0.05) is 12.8 Å². The number of carbonyl (C=O) groups excluding carboxylic acids is 1. The van der Waals surface area contributed by atoms with E-state index in [0.717, 1.165) is 24.8 Å². The Morgan fingerprint density at radius 1 is 0.889 bits per heavy atom. The van der Waals surface area contributed by atoms with Gasteiger partial charge in [0.25, 0.3) is 0 Å². The van der Waals surface area contributed by atoms with Crippen molar-refractivity contribution in [1.82, 2.24) is 0 Å². The number of carboxylic acids is 3. The number of carbonyl (C=O) groups is 4. The fourth-order valence-electron chi connectivity index (χ4n) is 6.83. The van der Waals surface area contributed by atoms with Gasteiger partial charge in [0.1, 0.15) is 6.10 Å². The van der Waals surface area contributed by atoms with Crippen LogP contribution in [0.1, 0.15) is 85.1 Å². The van der Waals surface area contributed by atoms with E-state index in [1.54, 1.807) is 0 Å². The lowest BCUT2D eigenvalue weighted by molar-refractivity contribution is -0.374. The molecule has 0 aromatic heterocycles. The number of aliphatic carboxylic acids is 3. The third kappa shape index (κ3) is 7.34. The highest BCUT2D eigenvalue weighted by atomic mass is 16.8. The Bertz CT molecular complexity index is 1210. The lowest BCUT2D eigenvalue weighted by Gasteiger charge is -2.48. The van der Waals surface area contributed by atoms with Gasteiger partial charge in [-0.1, -0.05) is 71.4 Å². The van der Waals surface area contributed by atoms with Crippen LogP contribution in [0.25, 0.3) is 0 Å². The Kier molecular flexibility index (Phi) is 11.8. The molecule has 3 rings (SSSR count). The molecule has 0 saturated carbocycles. The Hall–Kier alpha value is -3.06. The third-order valence-electron chi connectivity index (χ3n) is 9.42. The summed E-state index contributed by atoms with van der Waals surface area (Å²) >= 11 is 0. The van der Waals surface area contributed by atoms with Gasteiger partial charge in [-0.3, -0.25) is 4.79 Å². The molecule has 0 aliphatic carbocycles. The highest BCUT2D eigenvalue weighted by molar-refractivity contribution is 5.98. The quantitative estimate of drug-likeness (QED) is 0.156. The molecule has 2 aliphatic rings. The van der Waals surface area contributed by atoms with Crippen LogP contribution < -0.4 is 0 Å². The maximum absolute atomic E-state index is 13.0. The van der Waals surface area contributed by atoms with Crippen molar-refractivity contribution in [2.45, 2.75) is 121 Å². The summed E-state index contributed by atoms with van der Waals surface area (Å²) in [6.07, 6.45) is -3.62. The van der Waals surface area contributed by atoms with Crippen LogP contribution in [0.4, 0.5) is 0 Å². The van der Waals surface area contributed by atoms with Crippen LogP contribution in [-0.2, 0) is 39.8 Å². The Morgan fingerprint density at radius 3 is 2.04 bits per heavy atom. The van der Waals surface area contributed by atoms with Crippen LogP contribution in [0.5, 0.6) is 0 Å². The largest absolute Gasteiger partial charge is 0.479 e. The van der Waals surface area contributed by atoms with Gasteiger partial charge in [0.15, 0.2) is 6.10 Å². The van der Waals surface area contributed by atoms with Gasteiger partial charge >= 0.3 is 23.9 Å². The third-order valence-corrected chi connectivity index (χ3v) is 9.42. The first-order chi connectivity index (χ1) is 21.0. The number of ether oxygens (including phenoxy) is 3. The predicted molar refractivity (Wildman–Crippen MR) is 160 cm³/mol. The molecule has 2 aliphatic heterocycles. The van der Waals surface area contributed by atoms with E-state index < -0.39 is 59.2 Å². The number of rotatable bonds is 17. The maximum Gasteiger partial charge on any atom is 0.344 e. The number of aliphatic hydroxyl groups excluding tert-OH is 1. The monoisotopic (exact) mass is 636 g/mol. The molecule has 252 valence electrons. The van der Waals surface area contributed by atoms with Crippen molar-refractivity contribution < 1.29 is 58.9 Å². The van der Waals surface area contributed by atoms with E-state index in [1.807, 2.05) is 44.2 Å². The molecule has 2 fully saturated rings. The summed E-state index contributed by atoms with van der Waals surface area (Å²) in [6, 6.07) is 9.87. The zero-order chi connectivity index (χ0) is 33.7. The molecule has 1 aromatic rings. The number of hydrogen-bond acceptors (Lipinski definition) is 9. The van der Waals surface area contributed by atoms with Crippen molar-refractivity contribution in [1.29, 1.82) is 0 Å². The zero-order valence-electron chi connectivity index (χ0n) is 26.7. The van der Waals surface area contributed by atoms with Gasteiger partial charge in [0.2, 0.25) is 23.1 Å². The van der Waals surface area contributed by atoms with Crippen LogP contribution in [0.2, 0.25) is 0 Å². The van der Waals surface area contributed by atoms with Crippen molar-refractivity contribution in [3.63, 3.8) is 0 Å². The van der Waals surface area contributed by atoms with Crippen molar-refractivity contribution >= 4 is 23.9 Å². The lowest BCUT2D eigenvalue weighted by atomic mass is 9.74. The first-order valence-electron chi connectivity index (χ1n) is 15.7. The zero-order valence-corrected chi connectivity index (χ0v) is 26.7. The molecule has 2 bridgehead atoms. The van der Waals surface area contributed by atoms with Crippen LogP contribution in [-0.4, -0.2) is 84.7 Å². The van der Waals surface area contributed by atoms with Crippen molar-refractivity contribution in [2.75, 3.05) is 0 Å².